The second kappa shape index (κ2) is 12.8. The van der Waals surface area contributed by atoms with Crippen molar-refractivity contribution in [2.24, 2.45) is 0 Å². The number of esters is 1. The monoisotopic (exact) mass is 488 g/mol. The van der Waals surface area contributed by atoms with Crippen LogP contribution < -0.4 is 9.47 Å². The molecule has 0 atom stereocenters. The highest BCUT2D eigenvalue weighted by atomic mass is 16.7. The summed E-state index contributed by atoms with van der Waals surface area (Å²) in [5.74, 6) is 1.62. The summed E-state index contributed by atoms with van der Waals surface area (Å²) in [6, 6.07) is 9.17. The number of nitrogens with zero attached hydrogens (tertiary/aromatic N) is 2. The number of benzene rings is 1. The average Bonchev–Trinajstić information content (AvgIpc) is 3.48. The van der Waals surface area contributed by atoms with Crippen LogP contribution in [0.25, 0.3) is 0 Å². The molecule has 35 heavy (non-hydrogen) atoms. The number of carbonyl (C=O) groups is 3. The van der Waals surface area contributed by atoms with E-state index in [0.29, 0.717) is 17.3 Å². The molecule has 3 rings (SSSR count). The molecule has 0 N–H and O–H groups in total. The van der Waals surface area contributed by atoms with Crippen LogP contribution >= 0.6 is 0 Å². The smallest absolute Gasteiger partial charge is 0.306 e. The second-order valence-corrected chi connectivity index (χ2v) is 8.06. The lowest BCUT2D eigenvalue weighted by Gasteiger charge is -2.27. The minimum atomic E-state index is -0.448. The Labute approximate surface area is 204 Å². The van der Waals surface area contributed by atoms with E-state index < -0.39 is 5.97 Å². The van der Waals surface area contributed by atoms with E-state index in [-0.39, 0.29) is 70.8 Å². The quantitative estimate of drug-likeness (QED) is 0.396. The van der Waals surface area contributed by atoms with Gasteiger partial charge in [0.1, 0.15) is 11.5 Å². The van der Waals surface area contributed by atoms with Gasteiger partial charge in [0.05, 0.1) is 32.7 Å². The minimum Gasteiger partial charge on any atom is -0.466 e. The molecule has 0 saturated carbocycles. The number of ether oxygens (including phenoxy) is 4. The Morgan fingerprint density at radius 2 is 1.77 bits per heavy atom. The van der Waals surface area contributed by atoms with Gasteiger partial charge in [0.25, 0.3) is 0 Å². The third-order valence-corrected chi connectivity index (χ3v) is 5.40. The number of carbonyl (C=O) groups excluding carboxylic acids is 3. The van der Waals surface area contributed by atoms with E-state index >= 15 is 0 Å². The molecule has 0 radical (unpaired) electrons. The van der Waals surface area contributed by atoms with Crippen molar-refractivity contribution >= 4 is 17.8 Å². The van der Waals surface area contributed by atoms with Gasteiger partial charge in [-0.15, -0.1) is 0 Å². The van der Waals surface area contributed by atoms with Gasteiger partial charge >= 0.3 is 5.97 Å². The van der Waals surface area contributed by atoms with Crippen molar-refractivity contribution in [1.29, 1.82) is 0 Å². The van der Waals surface area contributed by atoms with E-state index in [2.05, 4.69) is 0 Å². The molecule has 0 unspecified atom stereocenters. The zero-order valence-electron chi connectivity index (χ0n) is 20.4. The zero-order chi connectivity index (χ0) is 25.2. The summed E-state index contributed by atoms with van der Waals surface area (Å²) in [5.41, 5.74) is 0.850. The Morgan fingerprint density at radius 3 is 2.49 bits per heavy atom. The number of aryl methyl sites for hydroxylation is 1. The highest BCUT2D eigenvalue weighted by Crippen LogP contribution is 2.33. The fourth-order valence-electron chi connectivity index (χ4n) is 3.61. The van der Waals surface area contributed by atoms with Crippen molar-refractivity contribution in [3.05, 3.63) is 47.4 Å². The fraction of sp³-hybridized carbons (Fsp3) is 0.480. The van der Waals surface area contributed by atoms with Gasteiger partial charge in [0.2, 0.25) is 18.6 Å². The Kier molecular flexibility index (Phi) is 9.54. The molecule has 10 heteroatoms. The third-order valence-electron chi connectivity index (χ3n) is 5.40. The van der Waals surface area contributed by atoms with Crippen molar-refractivity contribution in [1.82, 2.24) is 9.80 Å². The van der Waals surface area contributed by atoms with Crippen LogP contribution in [-0.4, -0.2) is 67.8 Å². The Bertz CT molecular complexity index is 1020. The number of methoxy groups -OCH3 is 1. The summed E-state index contributed by atoms with van der Waals surface area (Å²) in [7, 11) is 1.52. The molecular formula is C25H32N2O8. The maximum atomic E-state index is 13.4. The van der Waals surface area contributed by atoms with Crippen molar-refractivity contribution < 1.29 is 37.7 Å². The standard InChI is InChI=1S/C25H32N2O8/c1-4-32-25(30)10-9-23(28)26(11-12-31-3)16-24(29)27(15-20-7-5-18(2)35-20)14-19-6-8-21-22(13-19)34-17-33-21/h5-8,13H,4,9-12,14-17H2,1-3H3. The molecule has 0 aliphatic carbocycles. The van der Waals surface area contributed by atoms with Crippen LogP contribution in [0.1, 0.15) is 36.8 Å². The molecule has 2 heterocycles. The topological polar surface area (TPSA) is 108 Å². The Hall–Kier alpha value is -3.53. The number of amides is 2. The second-order valence-electron chi connectivity index (χ2n) is 8.06. The molecule has 1 aromatic heterocycles. The summed E-state index contributed by atoms with van der Waals surface area (Å²) in [6.45, 7) is 4.80. The van der Waals surface area contributed by atoms with Crippen LogP contribution in [0.2, 0.25) is 0 Å². The van der Waals surface area contributed by atoms with Crippen molar-refractivity contribution in [2.45, 2.75) is 39.8 Å². The molecule has 190 valence electrons. The average molecular weight is 489 g/mol. The maximum Gasteiger partial charge on any atom is 0.306 e. The van der Waals surface area contributed by atoms with Gasteiger partial charge in [-0.1, -0.05) is 6.07 Å². The first-order valence-electron chi connectivity index (χ1n) is 11.5. The van der Waals surface area contributed by atoms with Gasteiger partial charge in [0, 0.05) is 26.6 Å². The van der Waals surface area contributed by atoms with E-state index in [1.807, 2.05) is 31.2 Å². The maximum absolute atomic E-state index is 13.4. The molecule has 1 aliphatic rings. The first-order chi connectivity index (χ1) is 16.9. The molecule has 2 aromatic rings. The number of hydrogen-bond donors (Lipinski definition) is 0. The number of rotatable bonds is 13. The van der Waals surface area contributed by atoms with E-state index in [9.17, 15) is 14.4 Å². The van der Waals surface area contributed by atoms with Crippen LogP contribution in [0.4, 0.5) is 0 Å². The van der Waals surface area contributed by atoms with Gasteiger partial charge in [0.15, 0.2) is 11.5 Å². The van der Waals surface area contributed by atoms with E-state index in [1.165, 1.54) is 12.0 Å². The molecule has 0 bridgehead atoms. The summed E-state index contributed by atoms with van der Waals surface area (Å²) >= 11 is 0. The lowest BCUT2D eigenvalue weighted by molar-refractivity contribution is -0.146. The summed E-state index contributed by atoms with van der Waals surface area (Å²) in [6.07, 6.45) is -0.0910. The van der Waals surface area contributed by atoms with Crippen LogP contribution in [0.3, 0.4) is 0 Å². The number of hydrogen-bond acceptors (Lipinski definition) is 8. The van der Waals surface area contributed by atoms with Crippen molar-refractivity contribution in [3.8, 4) is 11.5 Å². The minimum absolute atomic E-state index is 0.0447. The van der Waals surface area contributed by atoms with Crippen LogP contribution in [-0.2, 0) is 36.9 Å². The number of fused-ring (bicyclic) bond motifs is 1. The lowest BCUT2D eigenvalue weighted by atomic mass is 10.1. The largest absolute Gasteiger partial charge is 0.466 e. The van der Waals surface area contributed by atoms with E-state index in [0.717, 1.165) is 11.3 Å². The van der Waals surface area contributed by atoms with Crippen LogP contribution in [0.15, 0.2) is 34.7 Å². The summed E-state index contributed by atoms with van der Waals surface area (Å²) in [4.78, 5) is 40.9. The predicted molar refractivity (Wildman–Crippen MR) is 125 cm³/mol. The van der Waals surface area contributed by atoms with Crippen LogP contribution in [0, 0.1) is 6.92 Å². The van der Waals surface area contributed by atoms with Gasteiger partial charge in [-0.05, 0) is 43.7 Å². The summed E-state index contributed by atoms with van der Waals surface area (Å²) < 4.78 is 26.5. The van der Waals surface area contributed by atoms with E-state index in [4.69, 9.17) is 23.4 Å². The molecule has 2 amide bonds. The number of furan rings is 1. The van der Waals surface area contributed by atoms with Gasteiger partial charge in [-0.2, -0.15) is 0 Å². The summed E-state index contributed by atoms with van der Waals surface area (Å²) in [5, 5.41) is 0. The molecular weight excluding hydrogens is 456 g/mol. The van der Waals surface area contributed by atoms with Crippen molar-refractivity contribution in [2.75, 3.05) is 40.2 Å². The first kappa shape index (κ1) is 26.1. The Morgan fingerprint density at radius 1 is 0.971 bits per heavy atom. The molecule has 0 fully saturated rings. The van der Waals surface area contributed by atoms with Crippen molar-refractivity contribution in [3.63, 3.8) is 0 Å². The zero-order valence-corrected chi connectivity index (χ0v) is 20.4. The lowest BCUT2D eigenvalue weighted by Crippen LogP contribution is -2.43. The first-order valence-corrected chi connectivity index (χ1v) is 11.5. The highest BCUT2D eigenvalue weighted by Gasteiger charge is 2.24. The van der Waals surface area contributed by atoms with Crippen LogP contribution in [0.5, 0.6) is 11.5 Å². The highest BCUT2D eigenvalue weighted by molar-refractivity contribution is 5.86. The SMILES string of the molecule is CCOC(=O)CCC(=O)N(CCOC)CC(=O)N(Cc1ccc2c(c1)OCO2)Cc1ccc(C)o1. The third kappa shape index (κ3) is 7.74. The molecule has 0 spiro atoms. The van der Waals surface area contributed by atoms with Gasteiger partial charge < -0.3 is 33.2 Å². The molecule has 1 aromatic carbocycles. The normalized spacial score (nSPS) is 11.9. The molecule has 0 saturated heterocycles. The molecule has 1 aliphatic heterocycles. The van der Waals surface area contributed by atoms with Gasteiger partial charge in [-0.25, -0.2) is 0 Å². The predicted octanol–water partition coefficient (Wildman–Crippen LogP) is 2.66. The molecule has 10 nitrogen and oxygen atoms in total. The van der Waals surface area contributed by atoms with E-state index in [1.54, 1.807) is 17.9 Å². The van der Waals surface area contributed by atoms with Gasteiger partial charge in [-0.3, -0.25) is 14.4 Å². The Balaban J connectivity index is 1.72. The fourth-order valence-corrected chi connectivity index (χ4v) is 3.61.